The summed E-state index contributed by atoms with van der Waals surface area (Å²) in [5.74, 6) is 0.564. The zero-order valence-electron chi connectivity index (χ0n) is 10.8. The molecule has 2 rings (SSSR count). The zero-order chi connectivity index (χ0) is 14.0. The number of aryl methyl sites for hydroxylation is 2. The van der Waals surface area contributed by atoms with Gasteiger partial charge in [-0.2, -0.15) is 0 Å². The predicted molar refractivity (Wildman–Crippen MR) is 78.3 cm³/mol. The Balaban J connectivity index is 2.55. The lowest BCUT2D eigenvalue weighted by Crippen LogP contribution is -2.18. The molecule has 0 aliphatic carbocycles. The molecule has 5 heteroatoms. The van der Waals surface area contributed by atoms with E-state index in [1.807, 2.05) is 25.1 Å². The third-order valence-corrected chi connectivity index (χ3v) is 3.52. The molecule has 0 atom stereocenters. The standard InChI is InChI=1S/C14H15BrN2O2/c1-8-7-10(15)3-4-11(8)13-16-9(2)12(5-6-18)14(19)17-13/h3-4,7,18H,5-6H2,1-2H3,(H,16,17,19). The molecule has 1 aromatic carbocycles. The molecule has 0 radical (unpaired) electrons. The Labute approximate surface area is 119 Å². The van der Waals surface area contributed by atoms with Crippen molar-refractivity contribution in [2.24, 2.45) is 0 Å². The molecule has 1 heterocycles. The molecular formula is C14H15BrN2O2. The molecule has 0 aliphatic rings. The second-order valence-corrected chi connectivity index (χ2v) is 5.33. The normalized spacial score (nSPS) is 10.7. The van der Waals surface area contributed by atoms with Crippen molar-refractivity contribution in [3.8, 4) is 11.4 Å². The fourth-order valence-electron chi connectivity index (χ4n) is 2.04. The summed E-state index contributed by atoms with van der Waals surface area (Å²) in [4.78, 5) is 19.2. The number of H-pyrrole nitrogens is 1. The van der Waals surface area contributed by atoms with Crippen LogP contribution in [0.4, 0.5) is 0 Å². The van der Waals surface area contributed by atoms with E-state index >= 15 is 0 Å². The quantitative estimate of drug-likeness (QED) is 0.911. The maximum absolute atomic E-state index is 12.0. The van der Waals surface area contributed by atoms with E-state index in [0.29, 0.717) is 23.5 Å². The van der Waals surface area contributed by atoms with Gasteiger partial charge >= 0.3 is 0 Å². The van der Waals surface area contributed by atoms with Crippen molar-refractivity contribution in [2.75, 3.05) is 6.61 Å². The Morgan fingerprint density at radius 1 is 1.37 bits per heavy atom. The average molecular weight is 323 g/mol. The van der Waals surface area contributed by atoms with Crippen molar-refractivity contribution in [2.45, 2.75) is 20.3 Å². The van der Waals surface area contributed by atoms with Crippen LogP contribution in [0.1, 0.15) is 16.8 Å². The van der Waals surface area contributed by atoms with Gasteiger partial charge < -0.3 is 10.1 Å². The Morgan fingerprint density at radius 2 is 2.11 bits per heavy atom. The fraction of sp³-hybridized carbons (Fsp3) is 0.286. The van der Waals surface area contributed by atoms with Gasteiger partial charge in [0.25, 0.3) is 5.56 Å². The maximum Gasteiger partial charge on any atom is 0.254 e. The van der Waals surface area contributed by atoms with Crippen molar-refractivity contribution in [1.82, 2.24) is 9.97 Å². The molecule has 0 saturated heterocycles. The Hall–Kier alpha value is -1.46. The SMILES string of the molecule is Cc1cc(Br)ccc1-c1nc(C)c(CCO)c(=O)[nH]1. The molecule has 2 N–H and O–H groups in total. The van der Waals surface area contributed by atoms with E-state index in [0.717, 1.165) is 15.6 Å². The van der Waals surface area contributed by atoms with Gasteiger partial charge in [0, 0.05) is 34.3 Å². The van der Waals surface area contributed by atoms with Gasteiger partial charge in [-0.25, -0.2) is 4.98 Å². The van der Waals surface area contributed by atoms with Gasteiger partial charge in [0.15, 0.2) is 0 Å². The minimum absolute atomic E-state index is 0.0533. The van der Waals surface area contributed by atoms with Crippen LogP contribution in [0.25, 0.3) is 11.4 Å². The lowest BCUT2D eigenvalue weighted by molar-refractivity contribution is 0.298. The van der Waals surface area contributed by atoms with Crippen LogP contribution >= 0.6 is 15.9 Å². The number of benzene rings is 1. The van der Waals surface area contributed by atoms with Gasteiger partial charge in [-0.1, -0.05) is 15.9 Å². The topological polar surface area (TPSA) is 66.0 Å². The first kappa shape index (κ1) is 14.0. The Kier molecular flexibility index (Phi) is 4.17. The molecule has 0 saturated carbocycles. The van der Waals surface area contributed by atoms with Crippen LogP contribution in [-0.4, -0.2) is 21.7 Å². The van der Waals surface area contributed by atoms with Crippen LogP contribution in [0, 0.1) is 13.8 Å². The number of nitrogens with one attached hydrogen (secondary N) is 1. The first-order valence-corrected chi connectivity index (χ1v) is 6.79. The van der Waals surface area contributed by atoms with Crippen LogP contribution in [-0.2, 0) is 6.42 Å². The van der Waals surface area contributed by atoms with Crippen LogP contribution < -0.4 is 5.56 Å². The summed E-state index contributed by atoms with van der Waals surface area (Å²) >= 11 is 3.41. The number of hydrogen-bond donors (Lipinski definition) is 2. The van der Waals surface area contributed by atoms with Crippen molar-refractivity contribution in [1.29, 1.82) is 0 Å². The second kappa shape index (κ2) is 5.67. The summed E-state index contributed by atoms with van der Waals surface area (Å²) < 4.78 is 0.990. The summed E-state index contributed by atoms with van der Waals surface area (Å²) in [6.45, 7) is 3.71. The number of nitrogens with zero attached hydrogens (tertiary/aromatic N) is 1. The van der Waals surface area contributed by atoms with Gasteiger partial charge in [-0.3, -0.25) is 4.79 Å². The second-order valence-electron chi connectivity index (χ2n) is 4.41. The smallest absolute Gasteiger partial charge is 0.254 e. The molecule has 0 bridgehead atoms. The molecule has 0 aliphatic heterocycles. The molecule has 2 aromatic rings. The molecule has 19 heavy (non-hydrogen) atoms. The molecule has 1 aromatic heterocycles. The van der Waals surface area contributed by atoms with Crippen molar-refractivity contribution >= 4 is 15.9 Å². The highest BCUT2D eigenvalue weighted by molar-refractivity contribution is 9.10. The number of rotatable bonds is 3. The number of aliphatic hydroxyl groups excluding tert-OH is 1. The average Bonchev–Trinajstić information content (AvgIpc) is 2.33. The molecular weight excluding hydrogens is 308 g/mol. The van der Waals surface area contributed by atoms with E-state index in [4.69, 9.17) is 5.11 Å². The minimum Gasteiger partial charge on any atom is -0.396 e. The van der Waals surface area contributed by atoms with E-state index in [1.54, 1.807) is 6.92 Å². The molecule has 0 unspecified atom stereocenters. The Bertz CT molecular complexity index is 665. The molecule has 4 nitrogen and oxygen atoms in total. The lowest BCUT2D eigenvalue weighted by atomic mass is 10.1. The summed E-state index contributed by atoms with van der Waals surface area (Å²) in [6.07, 6.45) is 0.327. The minimum atomic E-state index is -0.182. The van der Waals surface area contributed by atoms with Crippen LogP contribution in [0.3, 0.4) is 0 Å². The van der Waals surface area contributed by atoms with Crippen molar-refractivity contribution in [3.05, 3.63) is 49.8 Å². The maximum atomic E-state index is 12.0. The van der Waals surface area contributed by atoms with Gasteiger partial charge in [-0.05, 0) is 37.6 Å². The Morgan fingerprint density at radius 3 is 2.68 bits per heavy atom. The lowest BCUT2D eigenvalue weighted by Gasteiger charge is -2.09. The van der Waals surface area contributed by atoms with E-state index in [1.165, 1.54) is 0 Å². The summed E-state index contributed by atoms with van der Waals surface area (Å²) in [5, 5.41) is 8.94. The third-order valence-electron chi connectivity index (χ3n) is 3.03. The largest absolute Gasteiger partial charge is 0.396 e. The molecule has 0 fully saturated rings. The highest BCUT2D eigenvalue weighted by Crippen LogP contribution is 2.23. The highest BCUT2D eigenvalue weighted by Gasteiger charge is 2.10. The monoisotopic (exact) mass is 322 g/mol. The number of halogens is 1. The van der Waals surface area contributed by atoms with Crippen molar-refractivity contribution < 1.29 is 5.11 Å². The van der Waals surface area contributed by atoms with Crippen LogP contribution in [0.5, 0.6) is 0 Å². The predicted octanol–water partition coefficient (Wildman–Crippen LogP) is 2.35. The van der Waals surface area contributed by atoms with Gasteiger partial charge in [0.05, 0.1) is 0 Å². The molecule has 0 amide bonds. The number of hydrogen-bond acceptors (Lipinski definition) is 3. The van der Waals surface area contributed by atoms with Crippen LogP contribution in [0.2, 0.25) is 0 Å². The molecule has 0 spiro atoms. The van der Waals surface area contributed by atoms with Crippen molar-refractivity contribution in [3.63, 3.8) is 0 Å². The zero-order valence-corrected chi connectivity index (χ0v) is 12.4. The number of aliphatic hydroxyl groups is 1. The van der Waals surface area contributed by atoms with E-state index in [2.05, 4.69) is 25.9 Å². The van der Waals surface area contributed by atoms with Gasteiger partial charge in [-0.15, -0.1) is 0 Å². The van der Waals surface area contributed by atoms with Gasteiger partial charge in [0.2, 0.25) is 0 Å². The third kappa shape index (κ3) is 2.93. The summed E-state index contributed by atoms with van der Waals surface area (Å²) in [5.41, 5.74) is 2.96. The molecule has 100 valence electrons. The van der Waals surface area contributed by atoms with Crippen LogP contribution in [0.15, 0.2) is 27.5 Å². The number of aromatic amines is 1. The van der Waals surface area contributed by atoms with E-state index in [-0.39, 0.29) is 12.2 Å². The number of aromatic nitrogens is 2. The fourth-order valence-corrected chi connectivity index (χ4v) is 2.51. The van der Waals surface area contributed by atoms with Gasteiger partial charge in [0.1, 0.15) is 5.82 Å². The van der Waals surface area contributed by atoms with E-state index in [9.17, 15) is 4.79 Å². The highest BCUT2D eigenvalue weighted by atomic mass is 79.9. The first-order chi connectivity index (χ1) is 9.02. The van der Waals surface area contributed by atoms with E-state index < -0.39 is 0 Å². The summed E-state index contributed by atoms with van der Waals surface area (Å²) in [7, 11) is 0. The first-order valence-electron chi connectivity index (χ1n) is 6.00. The summed E-state index contributed by atoms with van der Waals surface area (Å²) in [6, 6.07) is 5.81.